The van der Waals surface area contributed by atoms with Crippen LogP contribution in [-0.2, 0) is 20.7 Å². The first-order valence-corrected chi connectivity index (χ1v) is 10.3. The third kappa shape index (κ3) is 5.18. The molecule has 3 unspecified atom stereocenters. The molecule has 3 heteroatoms. The van der Waals surface area contributed by atoms with E-state index in [9.17, 15) is 9.59 Å². The van der Waals surface area contributed by atoms with Gasteiger partial charge in [0, 0.05) is 5.92 Å². The summed E-state index contributed by atoms with van der Waals surface area (Å²) in [7, 11) is 0. The molecule has 0 saturated carbocycles. The van der Waals surface area contributed by atoms with Gasteiger partial charge in [0.2, 0.25) is 0 Å². The molecule has 144 valence electrons. The van der Waals surface area contributed by atoms with Crippen molar-refractivity contribution in [2.75, 3.05) is 0 Å². The molecule has 26 heavy (non-hydrogen) atoms. The third-order valence-corrected chi connectivity index (χ3v) is 5.67. The summed E-state index contributed by atoms with van der Waals surface area (Å²) < 4.78 is 4.88. The Kier molecular flexibility index (Phi) is 7.86. The summed E-state index contributed by atoms with van der Waals surface area (Å²) in [5, 5.41) is 0. The summed E-state index contributed by atoms with van der Waals surface area (Å²) in [5.74, 6) is -1.19. The van der Waals surface area contributed by atoms with Gasteiger partial charge in [0.1, 0.15) is 0 Å². The minimum absolute atomic E-state index is 0.0204. The van der Waals surface area contributed by atoms with Crippen molar-refractivity contribution in [3.05, 3.63) is 35.4 Å². The molecule has 3 atom stereocenters. The van der Waals surface area contributed by atoms with E-state index in [-0.39, 0.29) is 35.6 Å². The lowest BCUT2D eigenvalue weighted by Crippen LogP contribution is -2.27. The van der Waals surface area contributed by atoms with Gasteiger partial charge in [0.15, 0.2) is 0 Å². The van der Waals surface area contributed by atoms with Gasteiger partial charge in [-0.1, -0.05) is 84.1 Å². The zero-order chi connectivity index (χ0) is 19.1. The molecule has 1 aromatic carbocycles. The SMILES string of the molecule is CCCCCCCCc1ccc(C(C(C)C)C2C(=O)OC(=O)C2C)cc1. The fraction of sp³-hybridized carbons (Fsp3) is 0.652. The second kappa shape index (κ2) is 9.89. The van der Waals surface area contributed by atoms with E-state index in [1.807, 2.05) is 0 Å². The Balaban J connectivity index is 1.98. The van der Waals surface area contributed by atoms with Crippen LogP contribution in [0.3, 0.4) is 0 Å². The second-order valence-corrected chi connectivity index (χ2v) is 8.08. The average Bonchev–Trinajstić information content (AvgIpc) is 2.85. The first kappa shape index (κ1) is 20.7. The summed E-state index contributed by atoms with van der Waals surface area (Å²) in [6.07, 6.45) is 8.95. The first-order valence-electron chi connectivity index (χ1n) is 10.3. The molecule has 0 aliphatic carbocycles. The molecular weight excluding hydrogens is 324 g/mol. The number of esters is 2. The van der Waals surface area contributed by atoms with Crippen LogP contribution in [0.15, 0.2) is 24.3 Å². The molecule has 0 amide bonds. The summed E-state index contributed by atoms with van der Waals surface area (Å²) in [6, 6.07) is 8.65. The van der Waals surface area contributed by atoms with Gasteiger partial charge in [0.05, 0.1) is 11.8 Å². The normalized spacial score (nSPS) is 21.3. The van der Waals surface area contributed by atoms with E-state index in [1.54, 1.807) is 6.92 Å². The Labute approximate surface area is 158 Å². The molecule has 0 radical (unpaired) electrons. The van der Waals surface area contributed by atoms with E-state index in [1.165, 1.54) is 44.1 Å². The van der Waals surface area contributed by atoms with Crippen LogP contribution >= 0.6 is 0 Å². The predicted octanol–water partition coefficient (Wildman–Crippen LogP) is 5.66. The van der Waals surface area contributed by atoms with Crippen LogP contribution in [0, 0.1) is 17.8 Å². The van der Waals surface area contributed by atoms with Gasteiger partial charge < -0.3 is 4.74 Å². The fourth-order valence-electron chi connectivity index (χ4n) is 4.09. The van der Waals surface area contributed by atoms with E-state index < -0.39 is 0 Å². The molecular formula is C23H34O3. The monoisotopic (exact) mass is 358 g/mol. The number of ether oxygens (including phenoxy) is 1. The molecule has 0 bridgehead atoms. The maximum absolute atomic E-state index is 12.2. The number of carbonyl (C=O) groups is 2. The number of aryl methyl sites for hydroxylation is 1. The smallest absolute Gasteiger partial charge is 0.318 e. The maximum Gasteiger partial charge on any atom is 0.318 e. The molecule has 0 spiro atoms. The fourth-order valence-corrected chi connectivity index (χ4v) is 4.09. The Morgan fingerprint density at radius 1 is 0.923 bits per heavy atom. The summed E-state index contributed by atoms with van der Waals surface area (Å²) in [6.45, 7) is 8.27. The van der Waals surface area contributed by atoms with Gasteiger partial charge in [-0.25, -0.2) is 0 Å². The first-order chi connectivity index (χ1) is 12.5. The van der Waals surface area contributed by atoms with Gasteiger partial charge >= 0.3 is 11.9 Å². The lowest BCUT2D eigenvalue weighted by atomic mass is 9.74. The van der Waals surface area contributed by atoms with E-state index in [4.69, 9.17) is 4.74 Å². The van der Waals surface area contributed by atoms with Gasteiger partial charge in [-0.3, -0.25) is 9.59 Å². The van der Waals surface area contributed by atoms with E-state index in [0.717, 1.165) is 12.0 Å². The van der Waals surface area contributed by atoms with Crippen molar-refractivity contribution >= 4 is 11.9 Å². The summed E-state index contributed by atoms with van der Waals surface area (Å²) in [5.41, 5.74) is 2.49. The van der Waals surface area contributed by atoms with Crippen molar-refractivity contribution < 1.29 is 14.3 Å². The number of benzene rings is 1. The molecule has 3 nitrogen and oxygen atoms in total. The quantitative estimate of drug-likeness (QED) is 0.308. The van der Waals surface area contributed by atoms with Crippen molar-refractivity contribution in [3.63, 3.8) is 0 Å². The van der Waals surface area contributed by atoms with Crippen LogP contribution in [0.4, 0.5) is 0 Å². The topological polar surface area (TPSA) is 43.4 Å². The van der Waals surface area contributed by atoms with Crippen LogP contribution in [0.2, 0.25) is 0 Å². The number of unbranched alkanes of at least 4 members (excludes halogenated alkanes) is 5. The predicted molar refractivity (Wildman–Crippen MR) is 105 cm³/mol. The highest BCUT2D eigenvalue weighted by molar-refractivity contribution is 5.96. The van der Waals surface area contributed by atoms with E-state index in [2.05, 4.69) is 45.0 Å². The Bertz CT molecular complexity index is 588. The molecule has 1 aliphatic rings. The number of carbonyl (C=O) groups excluding carboxylic acids is 2. The maximum atomic E-state index is 12.2. The highest BCUT2D eigenvalue weighted by Gasteiger charge is 2.47. The average molecular weight is 359 g/mol. The largest absolute Gasteiger partial charge is 0.393 e. The van der Waals surface area contributed by atoms with Gasteiger partial charge in [-0.05, 0) is 29.9 Å². The minimum atomic E-state index is -0.384. The number of rotatable bonds is 10. The van der Waals surface area contributed by atoms with Gasteiger partial charge in [-0.15, -0.1) is 0 Å². The number of cyclic esters (lactones) is 2. The van der Waals surface area contributed by atoms with Crippen LogP contribution in [-0.4, -0.2) is 11.9 Å². The number of hydrogen-bond acceptors (Lipinski definition) is 3. The number of hydrogen-bond donors (Lipinski definition) is 0. The molecule has 1 aromatic rings. The van der Waals surface area contributed by atoms with Gasteiger partial charge in [-0.2, -0.15) is 0 Å². The van der Waals surface area contributed by atoms with Crippen molar-refractivity contribution in [1.82, 2.24) is 0 Å². The third-order valence-electron chi connectivity index (χ3n) is 5.67. The Morgan fingerprint density at radius 3 is 2.08 bits per heavy atom. The lowest BCUT2D eigenvalue weighted by Gasteiger charge is -2.27. The van der Waals surface area contributed by atoms with E-state index >= 15 is 0 Å². The van der Waals surface area contributed by atoms with Crippen molar-refractivity contribution in [2.24, 2.45) is 17.8 Å². The summed E-state index contributed by atoms with van der Waals surface area (Å²) in [4.78, 5) is 24.0. The highest BCUT2D eigenvalue weighted by atomic mass is 16.6. The second-order valence-electron chi connectivity index (χ2n) is 8.08. The molecule has 2 rings (SSSR count). The van der Waals surface area contributed by atoms with E-state index in [0.29, 0.717) is 0 Å². The molecule has 0 aromatic heterocycles. The molecule has 1 saturated heterocycles. The lowest BCUT2D eigenvalue weighted by molar-refractivity contribution is -0.154. The van der Waals surface area contributed by atoms with Crippen molar-refractivity contribution in [1.29, 1.82) is 0 Å². The Hall–Kier alpha value is -1.64. The zero-order valence-corrected chi connectivity index (χ0v) is 16.8. The van der Waals surface area contributed by atoms with Crippen molar-refractivity contribution in [3.8, 4) is 0 Å². The van der Waals surface area contributed by atoms with Crippen molar-refractivity contribution in [2.45, 2.75) is 78.6 Å². The summed E-state index contributed by atoms with van der Waals surface area (Å²) >= 11 is 0. The van der Waals surface area contributed by atoms with Gasteiger partial charge in [0.25, 0.3) is 0 Å². The molecule has 0 N–H and O–H groups in total. The highest BCUT2D eigenvalue weighted by Crippen LogP contribution is 2.40. The molecule has 1 fully saturated rings. The zero-order valence-electron chi connectivity index (χ0n) is 16.8. The molecule has 1 heterocycles. The Morgan fingerprint density at radius 2 is 1.54 bits per heavy atom. The van der Waals surface area contributed by atoms with Crippen LogP contribution in [0.5, 0.6) is 0 Å². The van der Waals surface area contributed by atoms with Crippen LogP contribution in [0.1, 0.15) is 83.3 Å². The van der Waals surface area contributed by atoms with Crippen LogP contribution < -0.4 is 0 Å². The minimum Gasteiger partial charge on any atom is -0.393 e. The standard InChI is InChI=1S/C23H34O3/c1-5-6-7-8-9-10-11-18-12-14-19(15-13-18)20(16(2)3)21-17(4)22(24)26-23(21)25/h12-17,20-21H,5-11H2,1-4H3. The molecule has 1 aliphatic heterocycles. The van der Waals surface area contributed by atoms with Crippen LogP contribution in [0.25, 0.3) is 0 Å².